The number of halogens is 2. The van der Waals surface area contributed by atoms with E-state index in [1.54, 1.807) is 6.07 Å². The average Bonchev–Trinajstić information content (AvgIpc) is 2.68. The third kappa shape index (κ3) is 2.83. The van der Waals surface area contributed by atoms with E-state index in [-0.39, 0.29) is 6.04 Å². The molecule has 1 aliphatic rings. The predicted octanol–water partition coefficient (Wildman–Crippen LogP) is 3.80. The third-order valence-corrected chi connectivity index (χ3v) is 3.77. The topological polar surface area (TPSA) is 12.0 Å². The molecule has 0 aliphatic heterocycles. The lowest BCUT2D eigenvalue weighted by molar-refractivity contribution is 0.387. The molecule has 1 aromatic rings. The molecule has 1 nitrogen and oxygen atoms in total. The van der Waals surface area contributed by atoms with Gasteiger partial charge in [0, 0.05) is 12.1 Å². The molecule has 17 heavy (non-hydrogen) atoms. The van der Waals surface area contributed by atoms with Crippen LogP contribution in [-0.4, -0.2) is 6.04 Å². The molecule has 1 aromatic carbocycles. The summed E-state index contributed by atoms with van der Waals surface area (Å²) < 4.78 is 26.0. The first-order chi connectivity index (χ1) is 8.08. The zero-order valence-corrected chi connectivity index (χ0v) is 10.3. The van der Waals surface area contributed by atoms with Crippen LogP contribution in [0.25, 0.3) is 0 Å². The molecule has 2 rings (SSSR count). The van der Waals surface area contributed by atoms with Crippen molar-refractivity contribution in [3.05, 3.63) is 35.4 Å². The molecule has 1 fully saturated rings. The second-order valence-electron chi connectivity index (χ2n) is 5.08. The molecule has 0 aromatic heterocycles. The summed E-state index contributed by atoms with van der Waals surface area (Å²) in [4.78, 5) is 0. The molecule has 1 saturated carbocycles. The molecule has 0 bridgehead atoms. The number of rotatable bonds is 3. The van der Waals surface area contributed by atoms with Gasteiger partial charge in [-0.2, -0.15) is 0 Å². The fourth-order valence-corrected chi connectivity index (χ4v) is 2.59. The van der Waals surface area contributed by atoms with Crippen molar-refractivity contribution in [1.29, 1.82) is 0 Å². The van der Waals surface area contributed by atoms with Gasteiger partial charge < -0.3 is 5.32 Å². The number of nitrogens with one attached hydrogen (secondary N) is 1. The largest absolute Gasteiger partial charge is 0.307 e. The lowest BCUT2D eigenvalue weighted by atomic mass is 10.0. The highest BCUT2D eigenvalue weighted by atomic mass is 19.2. The Kier molecular flexibility index (Phi) is 3.77. The van der Waals surface area contributed by atoms with Gasteiger partial charge in [-0.1, -0.05) is 19.4 Å². The quantitative estimate of drug-likeness (QED) is 0.846. The normalized spacial score (nSPS) is 26.1. The van der Waals surface area contributed by atoms with Crippen molar-refractivity contribution < 1.29 is 8.78 Å². The van der Waals surface area contributed by atoms with Crippen molar-refractivity contribution >= 4 is 0 Å². The smallest absolute Gasteiger partial charge is 0.159 e. The predicted molar refractivity (Wildman–Crippen MR) is 64.7 cm³/mol. The minimum atomic E-state index is -0.782. The fourth-order valence-electron chi connectivity index (χ4n) is 2.59. The van der Waals surface area contributed by atoms with Gasteiger partial charge in [-0.05, 0) is 43.4 Å². The van der Waals surface area contributed by atoms with Crippen LogP contribution >= 0.6 is 0 Å². The monoisotopic (exact) mass is 239 g/mol. The summed E-state index contributed by atoms with van der Waals surface area (Å²) in [6.07, 6.45) is 3.68. The molecule has 1 aliphatic carbocycles. The first-order valence-corrected chi connectivity index (χ1v) is 6.29. The zero-order chi connectivity index (χ0) is 12.4. The minimum Gasteiger partial charge on any atom is -0.307 e. The van der Waals surface area contributed by atoms with E-state index in [4.69, 9.17) is 0 Å². The van der Waals surface area contributed by atoms with E-state index >= 15 is 0 Å². The van der Waals surface area contributed by atoms with Gasteiger partial charge in [0.25, 0.3) is 0 Å². The summed E-state index contributed by atoms with van der Waals surface area (Å²) in [6.45, 7) is 4.24. The molecule has 3 heteroatoms. The summed E-state index contributed by atoms with van der Waals surface area (Å²) in [5, 5.41) is 3.50. The molecule has 3 unspecified atom stereocenters. The van der Waals surface area contributed by atoms with Crippen LogP contribution in [0.2, 0.25) is 0 Å². The standard InChI is InChI=1S/C14H19F2N/c1-9-4-3-5-14(9)17-10(2)11-6-7-12(15)13(16)8-11/h6-10,14,17H,3-5H2,1-2H3. The Bertz CT molecular complexity index is 392. The van der Waals surface area contributed by atoms with E-state index in [0.29, 0.717) is 12.0 Å². The van der Waals surface area contributed by atoms with Crippen LogP contribution in [0.4, 0.5) is 8.78 Å². The lowest BCUT2D eigenvalue weighted by Crippen LogP contribution is -2.33. The van der Waals surface area contributed by atoms with E-state index in [0.717, 1.165) is 5.56 Å². The SMILES string of the molecule is CC(NC1CCCC1C)c1ccc(F)c(F)c1. The molecule has 0 heterocycles. The maximum absolute atomic E-state index is 13.1. The highest BCUT2D eigenvalue weighted by Gasteiger charge is 2.24. The maximum Gasteiger partial charge on any atom is 0.159 e. The number of hydrogen-bond donors (Lipinski definition) is 1. The molecular weight excluding hydrogens is 220 g/mol. The van der Waals surface area contributed by atoms with Crippen LogP contribution in [0, 0.1) is 17.6 Å². The third-order valence-electron chi connectivity index (χ3n) is 3.77. The van der Waals surface area contributed by atoms with E-state index in [9.17, 15) is 8.78 Å². The van der Waals surface area contributed by atoms with Gasteiger partial charge in [0.15, 0.2) is 11.6 Å². The molecular formula is C14H19F2N. The van der Waals surface area contributed by atoms with Crippen LogP contribution in [0.3, 0.4) is 0 Å². The Morgan fingerprint density at radius 2 is 2.00 bits per heavy atom. The van der Waals surface area contributed by atoms with Crippen LogP contribution in [-0.2, 0) is 0 Å². The van der Waals surface area contributed by atoms with Crippen LogP contribution in [0.5, 0.6) is 0 Å². The van der Waals surface area contributed by atoms with Gasteiger partial charge in [0.2, 0.25) is 0 Å². The van der Waals surface area contributed by atoms with Gasteiger partial charge in [-0.25, -0.2) is 8.78 Å². The first-order valence-electron chi connectivity index (χ1n) is 6.29. The molecule has 1 N–H and O–H groups in total. The highest BCUT2D eigenvalue weighted by Crippen LogP contribution is 2.27. The van der Waals surface area contributed by atoms with Gasteiger partial charge in [-0.15, -0.1) is 0 Å². The zero-order valence-electron chi connectivity index (χ0n) is 10.3. The fraction of sp³-hybridized carbons (Fsp3) is 0.571. The van der Waals surface area contributed by atoms with E-state index < -0.39 is 11.6 Å². The van der Waals surface area contributed by atoms with Crippen LogP contribution in [0.15, 0.2) is 18.2 Å². The Morgan fingerprint density at radius 1 is 1.24 bits per heavy atom. The molecule has 0 saturated heterocycles. The van der Waals surface area contributed by atoms with Gasteiger partial charge in [0.1, 0.15) is 0 Å². The summed E-state index contributed by atoms with van der Waals surface area (Å²) in [6, 6.07) is 4.69. The van der Waals surface area contributed by atoms with Crippen molar-refractivity contribution in [3.8, 4) is 0 Å². The van der Waals surface area contributed by atoms with Crippen LogP contribution < -0.4 is 5.32 Å². The van der Waals surface area contributed by atoms with E-state index in [2.05, 4.69) is 12.2 Å². The average molecular weight is 239 g/mol. The summed E-state index contributed by atoms with van der Waals surface area (Å²) >= 11 is 0. The van der Waals surface area contributed by atoms with Crippen molar-refractivity contribution in [2.45, 2.75) is 45.2 Å². The van der Waals surface area contributed by atoms with Crippen molar-refractivity contribution in [2.75, 3.05) is 0 Å². The molecule has 0 spiro atoms. The first kappa shape index (κ1) is 12.5. The Hall–Kier alpha value is -0.960. The van der Waals surface area contributed by atoms with E-state index in [1.807, 2.05) is 6.92 Å². The maximum atomic E-state index is 13.1. The lowest BCUT2D eigenvalue weighted by Gasteiger charge is -2.23. The highest BCUT2D eigenvalue weighted by molar-refractivity contribution is 5.21. The second kappa shape index (κ2) is 5.13. The summed E-state index contributed by atoms with van der Waals surface area (Å²) in [5.74, 6) is -0.881. The Morgan fingerprint density at radius 3 is 2.59 bits per heavy atom. The van der Waals surface area contributed by atoms with Crippen molar-refractivity contribution in [2.24, 2.45) is 5.92 Å². The Labute approximate surface area is 101 Å². The van der Waals surface area contributed by atoms with E-state index in [1.165, 1.54) is 31.4 Å². The molecule has 3 atom stereocenters. The summed E-state index contributed by atoms with van der Waals surface area (Å²) in [5.41, 5.74) is 0.808. The Balaban J connectivity index is 2.03. The van der Waals surface area contributed by atoms with Crippen molar-refractivity contribution in [3.63, 3.8) is 0 Å². The van der Waals surface area contributed by atoms with Gasteiger partial charge in [-0.3, -0.25) is 0 Å². The second-order valence-corrected chi connectivity index (χ2v) is 5.08. The number of benzene rings is 1. The molecule has 0 radical (unpaired) electrons. The van der Waals surface area contributed by atoms with Crippen LogP contribution in [0.1, 0.15) is 44.7 Å². The van der Waals surface area contributed by atoms with Gasteiger partial charge >= 0.3 is 0 Å². The van der Waals surface area contributed by atoms with Gasteiger partial charge in [0.05, 0.1) is 0 Å². The number of hydrogen-bond acceptors (Lipinski definition) is 1. The minimum absolute atomic E-state index is 0.0654. The molecule has 94 valence electrons. The molecule has 0 amide bonds. The van der Waals surface area contributed by atoms with Crippen molar-refractivity contribution in [1.82, 2.24) is 5.32 Å². The summed E-state index contributed by atoms with van der Waals surface area (Å²) in [7, 11) is 0.